The fourth-order valence-corrected chi connectivity index (χ4v) is 2.31. The second-order valence-corrected chi connectivity index (χ2v) is 4.93. The fourth-order valence-electron chi connectivity index (χ4n) is 2.19. The molecule has 1 aromatic rings. The van der Waals surface area contributed by atoms with E-state index in [4.69, 9.17) is 11.6 Å². The van der Waals surface area contributed by atoms with Gasteiger partial charge in [0.25, 0.3) is 5.91 Å². The average molecular weight is 271 g/mol. The number of hydrogen-bond donors (Lipinski definition) is 1. The minimum absolute atomic E-state index is 0.0380. The maximum absolute atomic E-state index is 13.3. The maximum Gasteiger partial charge on any atom is 0.253 e. The average Bonchev–Trinajstić information content (AvgIpc) is 2.41. The molecule has 18 heavy (non-hydrogen) atoms. The molecule has 0 radical (unpaired) electrons. The van der Waals surface area contributed by atoms with Gasteiger partial charge in [0, 0.05) is 18.7 Å². The molecule has 1 saturated heterocycles. The summed E-state index contributed by atoms with van der Waals surface area (Å²) in [6.45, 7) is 1.83. The first-order valence-electron chi connectivity index (χ1n) is 6.02. The molecule has 1 N–H and O–H groups in total. The van der Waals surface area contributed by atoms with Gasteiger partial charge >= 0.3 is 0 Å². The van der Waals surface area contributed by atoms with E-state index in [1.54, 1.807) is 18.0 Å². The predicted octanol–water partition coefficient (Wildman–Crippen LogP) is 2.30. The van der Waals surface area contributed by atoms with E-state index < -0.39 is 5.82 Å². The van der Waals surface area contributed by atoms with Crippen molar-refractivity contribution < 1.29 is 9.18 Å². The van der Waals surface area contributed by atoms with E-state index in [0.717, 1.165) is 25.9 Å². The second-order valence-electron chi connectivity index (χ2n) is 4.53. The van der Waals surface area contributed by atoms with Crippen LogP contribution in [0.3, 0.4) is 0 Å². The number of amides is 1. The number of carbonyl (C=O) groups is 1. The van der Waals surface area contributed by atoms with Crippen LogP contribution in [0.25, 0.3) is 0 Å². The lowest BCUT2D eigenvalue weighted by molar-refractivity contribution is 0.0703. The molecule has 0 saturated carbocycles. The summed E-state index contributed by atoms with van der Waals surface area (Å²) in [6.07, 6.45) is 1.86. The Morgan fingerprint density at radius 2 is 2.11 bits per heavy atom. The summed E-state index contributed by atoms with van der Waals surface area (Å²) in [5, 5.41) is 3.29. The molecule has 1 fully saturated rings. The minimum atomic E-state index is -0.554. The van der Waals surface area contributed by atoms with Crippen molar-refractivity contribution >= 4 is 17.5 Å². The fraction of sp³-hybridized carbons (Fsp3) is 0.462. The van der Waals surface area contributed by atoms with Gasteiger partial charge in [-0.2, -0.15) is 0 Å². The molecular weight excluding hydrogens is 255 g/mol. The summed E-state index contributed by atoms with van der Waals surface area (Å²) < 4.78 is 13.3. The van der Waals surface area contributed by atoms with Crippen LogP contribution in [0.5, 0.6) is 0 Å². The van der Waals surface area contributed by atoms with E-state index in [1.165, 1.54) is 12.1 Å². The molecule has 1 aliphatic heterocycles. The molecule has 1 amide bonds. The van der Waals surface area contributed by atoms with Gasteiger partial charge in [-0.3, -0.25) is 4.79 Å². The molecule has 1 aromatic carbocycles. The normalized spacial score (nSPS) is 16.6. The number of piperidine rings is 1. The van der Waals surface area contributed by atoms with Crippen LogP contribution in [-0.2, 0) is 0 Å². The number of halogens is 2. The lowest BCUT2D eigenvalue weighted by atomic mass is 10.0. The molecule has 0 spiro atoms. The first-order valence-corrected chi connectivity index (χ1v) is 6.40. The molecule has 3 nitrogen and oxygen atoms in total. The van der Waals surface area contributed by atoms with Crippen molar-refractivity contribution in [3.05, 3.63) is 34.6 Å². The van der Waals surface area contributed by atoms with Gasteiger partial charge in [-0.15, -0.1) is 0 Å². The van der Waals surface area contributed by atoms with Crippen LogP contribution in [0, 0.1) is 5.82 Å². The SMILES string of the molecule is CN(C(=O)c1ccc(Cl)c(F)c1)C1CCNCC1. The zero-order valence-electron chi connectivity index (χ0n) is 10.2. The number of hydrogen-bond acceptors (Lipinski definition) is 2. The van der Waals surface area contributed by atoms with Gasteiger partial charge in [0.15, 0.2) is 0 Å². The molecule has 98 valence electrons. The Labute approximate surface area is 111 Å². The topological polar surface area (TPSA) is 32.3 Å². The lowest BCUT2D eigenvalue weighted by Crippen LogP contribution is -2.43. The monoisotopic (exact) mass is 270 g/mol. The third-order valence-electron chi connectivity index (χ3n) is 3.34. The largest absolute Gasteiger partial charge is 0.339 e. The molecule has 1 heterocycles. The molecule has 0 aliphatic carbocycles. The maximum atomic E-state index is 13.3. The number of benzene rings is 1. The first kappa shape index (κ1) is 13.3. The van der Waals surface area contributed by atoms with Gasteiger partial charge < -0.3 is 10.2 Å². The number of nitrogens with zero attached hydrogens (tertiary/aromatic N) is 1. The minimum Gasteiger partial charge on any atom is -0.339 e. The Hall–Kier alpha value is -1.13. The molecule has 1 aliphatic rings. The quantitative estimate of drug-likeness (QED) is 0.894. The molecule has 0 atom stereocenters. The van der Waals surface area contributed by atoms with E-state index in [-0.39, 0.29) is 17.0 Å². The van der Waals surface area contributed by atoms with E-state index in [2.05, 4.69) is 5.32 Å². The Balaban J connectivity index is 2.11. The molecular formula is C13H16ClFN2O. The summed E-state index contributed by atoms with van der Waals surface area (Å²) in [5.74, 6) is -0.710. The van der Waals surface area contributed by atoms with Crippen molar-refractivity contribution in [1.29, 1.82) is 0 Å². The van der Waals surface area contributed by atoms with Crippen molar-refractivity contribution in [1.82, 2.24) is 10.2 Å². The zero-order chi connectivity index (χ0) is 13.1. The van der Waals surface area contributed by atoms with Crippen molar-refractivity contribution in [2.45, 2.75) is 18.9 Å². The summed E-state index contributed by atoms with van der Waals surface area (Å²) in [4.78, 5) is 13.9. The van der Waals surface area contributed by atoms with Crippen molar-refractivity contribution in [2.75, 3.05) is 20.1 Å². The van der Waals surface area contributed by atoms with Gasteiger partial charge in [0.2, 0.25) is 0 Å². The Morgan fingerprint density at radius 1 is 1.44 bits per heavy atom. The third kappa shape index (κ3) is 2.82. The standard InChI is InChI=1S/C13H16ClFN2O/c1-17(10-4-6-16-7-5-10)13(18)9-2-3-11(14)12(15)8-9/h2-3,8,10,16H,4-7H2,1H3. The number of rotatable bonds is 2. The van der Waals surface area contributed by atoms with Crippen molar-refractivity contribution in [3.63, 3.8) is 0 Å². The highest BCUT2D eigenvalue weighted by Crippen LogP contribution is 2.18. The number of nitrogens with one attached hydrogen (secondary N) is 1. The van der Waals surface area contributed by atoms with Gasteiger partial charge in [-0.25, -0.2) is 4.39 Å². The Morgan fingerprint density at radius 3 is 2.72 bits per heavy atom. The van der Waals surface area contributed by atoms with Crippen LogP contribution >= 0.6 is 11.6 Å². The van der Waals surface area contributed by atoms with Crippen LogP contribution in [0.4, 0.5) is 4.39 Å². The molecule has 2 rings (SSSR count). The van der Waals surface area contributed by atoms with Crippen LogP contribution in [0.2, 0.25) is 5.02 Å². The van der Waals surface area contributed by atoms with Crippen LogP contribution in [0.1, 0.15) is 23.2 Å². The molecule has 0 bridgehead atoms. The van der Waals surface area contributed by atoms with E-state index in [1.807, 2.05) is 0 Å². The Kier molecular flexibility index (Phi) is 4.19. The summed E-state index contributed by atoms with van der Waals surface area (Å²) in [7, 11) is 1.77. The lowest BCUT2D eigenvalue weighted by Gasteiger charge is -2.31. The molecule has 5 heteroatoms. The van der Waals surface area contributed by atoms with Crippen molar-refractivity contribution in [3.8, 4) is 0 Å². The van der Waals surface area contributed by atoms with Crippen LogP contribution < -0.4 is 5.32 Å². The third-order valence-corrected chi connectivity index (χ3v) is 3.65. The summed E-state index contributed by atoms with van der Waals surface area (Å²) in [5.41, 5.74) is 0.345. The van der Waals surface area contributed by atoms with Crippen LogP contribution in [-0.4, -0.2) is 37.0 Å². The number of carbonyl (C=O) groups excluding carboxylic acids is 1. The summed E-state index contributed by atoms with van der Waals surface area (Å²) >= 11 is 5.61. The Bertz CT molecular complexity index is 447. The van der Waals surface area contributed by atoms with Crippen molar-refractivity contribution in [2.24, 2.45) is 0 Å². The highest BCUT2D eigenvalue weighted by atomic mass is 35.5. The van der Waals surface area contributed by atoms with Gasteiger partial charge in [-0.1, -0.05) is 11.6 Å². The highest BCUT2D eigenvalue weighted by molar-refractivity contribution is 6.30. The molecule has 0 unspecified atom stereocenters. The van der Waals surface area contributed by atoms with Crippen LogP contribution in [0.15, 0.2) is 18.2 Å². The molecule has 0 aromatic heterocycles. The van der Waals surface area contributed by atoms with E-state index >= 15 is 0 Å². The van der Waals surface area contributed by atoms with E-state index in [0.29, 0.717) is 5.56 Å². The smallest absolute Gasteiger partial charge is 0.253 e. The van der Waals surface area contributed by atoms with E-state index in [9.17, 15) is 9.18 Å². The second kappa shape index (κ2) is 5.67. The van der Waals surface area contributed by atoms with Gasteiger partial charge in [0.05, 0.1) is 5.02 Å². The first-order chi connectivity index (χ1) is 8.59. The zero-order valence-corrected chi connectivity index (χ0v) is 11.0. The predicted molar refractivity (Wildman–Crippen MR) is 69.4 cm³/mol. The van der Waals surface area contributed by atoms with Gasteiger partial charge in [0.1, 0.15) is 5.82 Å². The van der Waals surface area contributed by atoms with Gasteiger partial charge in [-0.05, 0) is 44.1 Å². The summed E-state index contributed by atoms with van der Waals surface area (Å²) in [6, 6.07) is 4.39. The highest BCUT2D eigenvalue weighted by Gasteiger charge is 2.23.